The number of nitro benzene ring substituents is 1. The highest BCUT2D eigenvalue weighted by molar-refractivity contribution is 5.89. The van der Waals surface area contributed by atoms with Gasteiger partial charge in [-0.05, 0) is 52.8 Å². The van der Waals surface area contributed by atoms with Gasteiger partial charge in [-0.15, -0.1) is 0 Å². The second-order valence-corrected chi connectivity index (χ2v) is 10.8. The lowest BCUT2D eigenvalue weighted by Gasteiger charge is -2.38. The van der Waals surface area contributed by atoms with Gasteiger partial charge in [0.05, 0.1) is 50.8 Å². The molecule has 0 aromatic heterocycles. The van der Waals surface area contributed by atoms with E-state index < -0.39 is 0 Å². The summed E-state index contributed by atoms with van der Waals surface area (Å²) in [5.41, 5.74) is 6.22. The predicted molar refractivity (Wildman–Crippen MR) is 139 cm³/mol. The van der Waals surface area contributed by atoms with Crippen LogP contribution < -0.4 is 5.32 Å². The van der Waals surface area contributed by atoms with Crippen molar-refractivity contribution in [2.24, 2.45) is 0 Å². The van der Waals surface area contributed by atoms with Gasteiger partial charge >= 0.3 is 5.97 Å². The third kappa shape index (κ3) is 4.71. The van der Waals surface area contributed by atoms with Gasteiger partial charge in [0.2, 0.25) is 0 Å². The number of fused-ring (bicyclic) bond motifs is 5. The van der Waals surface area contributed by atoms with Gasteiger partial charge in [-0.1, -0.05) is 36.4 Å². The summed E-state index contributed by atoms with van der Waals surface area (Å²) in [5.74, 6) is -0.0141. The third-order valence-corrected chi connectivity index (χ3v) is 7.32. The molecule has 3 atom stereocenters. The third-order valence-electron chi connectivity index (χ3n) is 7.32. The zero-order chi connectivity index (χ0) is 25.4. The van der Waals surface area contributed by atoms with Crippen molar-refractivity contribution in [3.8, 4) is 0 Å². The summed E-state index contributed by atoms with van der Waals surface area (Å²) in [6.07, 6.45) is 1.67. The van der Waals surface area contributed by atoms with Crippen LogP contribution in [0.2, 0.25) is 0 Å². The minimum absolute atomic E-state index is 0.0118. The molecule has 7 nitrogen and oxygen atoms in total. The number of esters is 1. The number of nitro groups is 1. The molecule has 1 aliphatic heterocycles. The Kier molecular flexibility index (Phi) is 6.26. The number of nitrogens with zero attached hydrogens (tertiary/aromatic N) is 2. The molecule has 3 unspecified atom stereocenters. The van der Waals surface area contributed by atoms with E-state index in [2.05, 4.69) is 44.7 Å². The van der Waals surface area contributed by atoms with E-state index in [9.17, 15) is 14.9 Å². The minimum Gasteiger partial charge on any atom is -0.462 e. The van der Waals surface area contributed by atoms with Crippen molar-refractivity contribution in [1.82, 2.24) is 0 Å². The summed E-state index contributed by atoms with van der Waals surface area (Å²) < 4.78 is 6.32. The Hall–Kier alpha value is -3.71. The van der Waals surface area contributed by atoms with Crippen molar-refractivity contribution in [3.63, 3.8) is 0 Å². The van der Waals surface area contributed by atoms with E-state index in [1.807, 2.05) is 36.4 Å². The summed E-state index contributed by atoms with van der Waals surface area (Å²) in [7, 11) is 6.35. The quantitative estimate of drug-likeness (QED) is 0.158. The molecule has 2 aliphatic rings. The molecule has 0 saturated heterocycles. The molecule has 3 aromatic carbocycles. The molecule has 0 fully saturated rings. The average Bonchev–Trinajstić information content (AvgIpc) is 3.25. The predicted octanol–water partition coefficient (Wildman–Crippen LogP) is 5.44. The Balaban J connectivity index is 1.40. The monoisotopic (exact) mass is 486 g/mol. The number of benzene rings is 3. The maximum absolute atomic E-state index is 12.6. The fourth-order valence-electron chi connectivity index (χ4n) is 5.60. The number of anilines is 1. The minimum atomic E-state index is -0.330. The highest BCUT2D eigenvalue weighted by Gasteiger charge is 2.43. The molecule has 1 N–H and O–H groups in total. The first kappa shape index (κ1) is 24.0. The standard InChI is InChI=1S/C29H32N3O4/c1-32(2,3)15-6-16-36-29(33)20-11-9-19(10-12-20)28-27-23-8-5-4-7-21(23)17-25(27)24-18-22(31(34)35)13-14-26(24)30-28/h4-5,7-14,18,25,27-28,30H,6,15-17H2,1-3H3/q+1. The van der Waals surface area contributed by atoms with Crippen LogP contribution in [-0.4, -0.2) is 49.7 Å². The number of hydrogen-bond donors (Lipinski definition) is 1. The average molecular weight is 487 g/mol. The number of ether oxygens (including phenoxy) is 1. The number of carbonyl (C=O) groups is 1. The zero-order valence-electron chi connectivity index (χ0n) is 20.9. The lowest BCUT2D eigenvalue weighted by Crippen LogP contribution is -2.35. The summed E-state index contributed by atoms with van der Waals surface area (Å²) in [5, 5.41) is 15.1. The van der Waals surface area contributed by atoms with Crippen molar-refractivity contribution in [2.45, 2.75) is 30.7 Å². The van der Waals surface area contributed by atoms with Crippen molar-refractivity contribution < 1.29 is 18.9 Å². The number of nitrogens with one attached hydrogen (secondary N) is 1. The maximum atomic E-state index is 12.6. The Morgan fingerprint density at radius 2 is 1.81 bits per heavy atom. The van der Waals surface area contributed by atoms with Gasteiger partial charge < -0.3 is 14.5 Å². The first-order chi connectivity index (χ1) is 17.2. The largest absolute Gasteiger partial charge is 0.462 e. The second kappa shape index (κ2) is 9.39. The van der Waals surface area contributed by atoms with E-state index in [0.29, 0.717) is 12.2 Å². The summed E-state index contributed by atoms with van der Waals surface area (Å²) in [6.45, 7) is 1.35. The first-order valence-electron chi connectivity index (χ1n) is 12.4. The molecule has 186 valence electrons. The summed E-state index contributed by atoms with van der Waals surface area (Å²) in [6, 6.07) is 21.2. The van der Waals surface area contributed by atoms with Crippen LogP contribution in [0.5, 0.6) is 0 Å². The number of hydrogen-bond acceptors (Lipinski definition) is 5. The van der Waals surface area contributed by atoms with Crippen molar-refractivity contribution in [3.05, 3.63) is 105 Å². The molecule has 0 radical (unpaired) electrons. The van der Waals surface area contributed by atoms with E-state index >= 15 is 0 Å². The van der Waals surface area contributed by atoms with Gasteiger partial charge in [-0.2, -0.15) is 0 Å². The summed E-state index contributed by atoms with van der Waals surface area (Å²) in [4.78, 5) is 23.7. The number of rotatable bonds is 7. The zero-order valence-corrected chi connectivity index (χ0v) is 20.9. The number of quaternary nitrogens is 1. The fraction of sp³-hybridized carbons (Fsp3) is 0.345. The van der Waals surface area contributed by atoms with Gasteiger partial charge in [0, 0.05) is 30.2 Å². The topological polar surface area (TPSA) is 81.5 Å². The molecule has 5 rings (SSSR count). The second-order valence-electron chi connectivity index (χ2n) is 10.8. The van der Waals surface area contributed by atoms with Crippen LogP contribution in [0, 0.1) is 10.1 Å². The maximum Gasteiger partial charge on any atom is 0.338 e. The molecule has 1 heterocycles. The number of carbonyl (C=O) groups excluding carboxylic acids is 1. The van der Waals surface area contributed by atoms with E-state index in [4.69, 9.17) is 4.74 Å². The van der Waals surface area contributed by atoms with Crippen molar-refractivity contribution >= 4 is 17.3 Å². The molecule has 36 heavy (non-hydrogen) atoms. The van der Waals surface area contributed by atoms with Crippen LogP contribution >= 0.6 is 0 Å². The highest BCUT2D eigenvalue weighted by Crippen LogP contribution is 2.56. The van der Waals surface area contributed by atoms with Crippen LogP contribution in [0.4, 0.5) is 11.4 Å². The molecular weight excluding hydrogens is 454 g/mol. The molecule has 7 heteroatoms. The van der Waals surface area contributed by atoms with E-state index in [1.54, 1.807) is 12.1 Å². The van der Waals surface area contributed by atoms with Crippen LogP contribution in [-0.2, 0) is 11.2 Å². The Morgan fingerprint density at radius 3 is 2.53 bits per heavy atom. The first-order valence-corrected chi connectivity index (χ1v) is 12.4. The van der Waals surface area contributed by atoms with Gasteiger partial charge in [0.1, 0.15) is 0 Å². The Bertz CT molecular complexity index is 1300. The molecule has 0 spiro atoms. The van der Waals surface area contributed by atoms with Gasteiger partial charge in [-0.3, -0.25) is 10.1 Å². The van der Waals surface area contributed by atoms with Crippen LogP contribution in [0.3, 0.4) is 0 Å². The summed E-state index contributed by atoms with van der Waals surface area (Å²) >= 11 is 0. The smallest absolute Gasteiger partial charge is 0.338 e. The van der Waals surface area contributed by atoms with Gasteiger partial charge in [0.15, 0.2) is 0 Å². The SMILES string of the molecule is C[N+](C)(C)CCCOC(=O)c1ccc(C2Nc3ccc([N+](=O)[O-])cc3C3Cc4ccccc4C32)cc1. The van der Waals surface area contributed by atoms with Crippen LogP contribution in [0.1, 0.15) is 56.9 Å². The van der Waals surface area contributed by atoms with E-state index in [-0.39, 0.29) is 34.5 Å². The fourth-order valence-corrected chi connectivity index (χ4v) is 5.60. The van der Waals surface area contributed by atoms with Crippen LogP contribution in [0.15, 0.2) is 66.7 Å². The Morgan fingerprint density at radius 1 is 1.06 bits per heavy atom. The lowest BCUT2D eigenvalue weighted by molar-refractivity contribution is -0.870. The molecule has 1 aliphatic carbocycles. The molecule has 3 aromatic rings. The molecule has 0 amide bonds. The van der Waals surface area contributed by atoms with Gasteiger partial charge in [-0.25, -0.2) is 4.79 Å². The molecular formula is C29H32N3O4+. The van der Waals surface area contributed by atoms with E-state index in [0.717, 1.165) is 40.7 Å². The molecule has 0 saturated carbocycles. The highest BCUT2D eigenvalue weighted by atomic mass is 16.6. The van der Waals surface area contributed by atoms with Gasteiger partial charge in [0.25, 0.3) is 5.69 Å². The number of non-ortho nitro benzene ring substituents is 1. The molecule has 0 bridgehead atoms. The van der Waals surface area contributed by atoms with Crippen LogP contribution in [0.25, 0.3) is 0 Å². The van der Waals surface area contributed by atoms with Crippen molar-refractivity contribution in [2.75, 3.05) is 39.6 Å². The van der Waals surface area contributed by atoms with Crippen molar-refractivity contribution in [1.29, 1.82) is 0 Å². The lowest BCUT2D eigenvalue weighted by atomic mass is 9.75. The normalized spacial score (nSPS) is 20.0. The van der Waals surface area contributed by atoms with E-state index in [1.165, 1.54) is 11.1 Å². The Labute approximate surface area is 211 Å².